The Bertz CT molecular complexity index is 541. The van der Waals surface area contributed by atoms with E-state index in [1.54, 1.807) is 12.1 Å². The van der Waals surface area contributed by atoms with Crippen LogP contribution in [0.5, 0.6) is 0 Å². The summed E-state index contributed by atoms with van der Waals surface area (Å²) >= 11 is 0. The molecular formula is C16H24O2S. The van der Waals surface area contributed by atoms with E-state index < -0.39 is 9.84 Å². The summed E-state index contributed by atoms with van der Waals surface area (Å²) in [5, 5.41) is -0.292. The lowest BCUT2D eigenvalue weighted by Crippen LogP contribution is -2.22. The molecule has 0 bridgehead atoms. The van der Waals surface area contributed by atoms with E-state index in [0.29, 0.717) is 10.8 Å². The molecule has 1 aliphatic carbocycles. The van der Waals surface area contributed by atoms with Crippen LogP contribution < -0.4 is 0 Å². The first-order valence-corrected chi connectivity index (χ1v) is 8.67. The molecule has 0 saturated heterocycles. The maximum atomic E-state index is 12.6. The summed E-state index contributed by atoms with van der Waals surface area (Å²) < 4.78 is 25.1. The molecule has 3 heteroatoms. The van der Waals surface area contributed by atoms with Gasteiger partial charge in [-0.25, -0.2) is 8.42 Å². The largest absolute Gasteiger partial charge is 0.223 e. The molecule has 1 aromatic rings. The molecule has 1 aliphatic rings. The third kappa shape index (κ3) is 2.71. The first-order chi connectivity index (χ1) is 8.82. The first kappa shape index (κ1) is 14.6. The molecule has 1 saturated carbocycles. The quantitative estimate of drug-likeness (QED) is 0.817. The summed E-state index contributed by atoms with van der Waals surface area (Å²) in [5.41, 5.74) is 1.37. The zero-order valence-corrected chi connectivity index (χ0v) is 13.1. The van der Waals surface area contributed by atoms with Crippen molar-refractivity contribution < 1.29 is 8.42 Å². The van der Waals surface area contributed by atoms with Gasteiger partial charge in [0.15, 0.2) is 9.84 Å². The van der Waals surface area contributed by atoms with Crippen LogP contribution in [0.1, 0.15) is 45.6 Å². The highest BCUT2D eigenvalue weighted by molar-refractivity contribution is 7.92. The summed E-state index contributed by atoms with van der Waals surface area (Å²) in [4.78, 5) is 0.463. The van der Waals surface area contributed by atoms with Crippen molar-refractivity contribution in [1.82, 2.24) is 0 Å². The van der Waals surface area contributed by atoms with Crippen LogP contribution in [0.25, 0.3) is 0 Å². The van der Waals surface area contributed by atoms with Gasteiger partial charge in [-0.3, -0.25) is 0 Å². The zero-order valence-electron chi connectivity index (χ0n) is 12.3. The fourth-order valence-corrected chi connectivity index (χ4v) is 4.65. The standard InChI is InChI=1S/C16H24O2S/c1-5-16(10-13(16)3)11-14(4)19(17,18)15-8-6-12(2)7-9-15/h6-9,13-14H,5,10-11H2,1-4H3. The van der Waals surface area contributed by atoms with E-state index in [2.05, 4.69) is 13.8 Å². The lowest BCUT2D eigenvalue weighted by Gasteiger charge is -2.20. The second-order valence-corrected chi connectivity index (χ2v) is 8.56. The first-order valence-electron chi connectivity index (χ1n) is 7.12. The second-order valence-electron chi connectivity index (χ2n) is 6.19. The summed E-state index contributed by atoms with van der Waals surface area (Å²) in [7, 11) is -3.18. The van der Waals surface area contributed by atoms with Crippen molar-refractivity contribution >= 4 is 9.84 Å². The lowest BCUT2D eigenvalue weighted by molar-refractivity contribution is 0.405. The average molecular weight is 280 g/mol. The zero-order chi connectivity index (χ0) is 14.3. The van der Waals surface area contributed by atoms with Crippen LogP contribution in [0.3, 0.4) is 0 Å². The van der Waals surface area contributed by atoms with Crippen molar-refractivity contribution in [2.45, 2.75) is 57.1 Å². The van der Waals surface area contributed by atoms with Crippen LogP contribution in [-0.2, 0) is 9.84 Å². The number of rotatable bonds is 5. The smallest absolute Gasteiger partial charge is 0.180 e. The molecule has 19 heavy (non-hydrogen) atoms. The number of aryl methyl sites for hydroxylation is 1. The molecular weight excluding hydrogens is 256 g/mol. The molecule has 0 spiro atoms. The minimum Gasteiger partial charge on any atom is -0.223 e. The van der Waals surface area contributed by atoms with Crippen molar-refractivity contribution in [3.05, 3.63) is 29.8 Å². The third-order valence-electron chi connectivity index (χ3n) is 4.88. The second kappa shape index (κ2) is 4.93. The van der Waals surface area contributed by atoms with Crippen molar-refractivity contribution in [3.8, 4) is 0 Å². The van der Waals surface area contributed by atoms with E-state index in [1.807, 2.05) is 26.0 Å². The number of sulfone groups is 1. The Hall–Kier alpha value is -0.830. The third-order valence-corrected chi connectivity index (χ3v) is 7.03. The van der Waals surface area contributed by atoms with Crippen LogP contribution >= 0.6 is 0 Å². The van der Waals surface area contributed by atoms with E-state index in [1.165, 1.54) is 6.42 Å². The average Bonchev–Trinajstić information content (AvgIpc) is 3.00. The Labute approximate surface area is 117 Å². The van der Waals surface area contributed by atoms with E-state index in [9.17, 15) is 8.42 Å². The molecule has 3 unspecified atom stereocenters. The Morgan fingerprint density at radius 1 is 1.32 bits per heavy atom. The van der Waals surface area contributed by atoms with Crippen LogP contribution in [0.15, 0.2) is 29.2 Å². The summed E-state index contributed by atoms with van der Waals surface area (Å²) in [6, 6.07) is 7.20. The number of hydrogen-bond acceptors (Lipinski definition) is 2. The Balaban J connectivity index is 2.18. The van der Waals surface area contributed by atoms with Gasteiger partial charge in [0, 0.05) is 0 Å². The summed E-state index contributed by atoms with van der Waals surface area (Å²) in [6.45, 7) is 8.23. The van der Waals surface area contributed by atoms with Crippen molar-refractivity contribution in [1.29, 1.82) is 0 Å². The molecule has 0 amide bonds. The van der Waals surface area contributed by atoms with Gasteiger partial charge in [-0.2, -0.15) is 0 Å². The maximum absolute atomic E-state index is 12.6. The van der Waals surface area contributed by atoms with Gasteiger partial charge in [0.1, 0.15) is 0 Å². The SMILES string of the molecule is CCC1(CC(C)S(=O)(=O)c2ccc(C)cc2)CC1C. The van der Waals surface area contributed by atoms with Crippen molar-refractivity contribution in [2.75, 3.05) is 0 Å². The molecule has 1 aromatic carbocycles. The predicted molar refractivity (Wildman–Crippen MR) is 78.9 cm³/mol. The maximum Gasteiger partial charge on any atom is 0.180 e. The van der Waals surface area contributed by atoms with Crippen molar-refractivity contribution in [2.24, 2.45) is 11.3 Å². The van der Waals surface area contributed by atoms with Gasteiger partial charge < -0.3 is 0 Å². The van der Waals surface area contributed by atoms with Crippen LogP contribution in [0.2, 0.25) is 0 Å². The normalized spacial score (nSPS) is 28.1. The monoisotopic (exact) mass is 280 g/mol. The van der Waals surface area contributed by atoms with Gasteiger partial charge in [-0.15, -0.1) is 0 Å². The molecule has 0 N–H and O–H groups in total. The highest BCUT2D eigenvalue weighted by Crippen LogP contribution is 2.58. The highest BCUT2D eigenvalue weighted by Gasteiger charge is 2.51. The molecule has 3 atom stereocenters. The topological polar surface area (TPSA) is 34.1 Å². The number of hydrogen-bond donors (Lipinski definition) is 0. The molecule has 0 radical (unpaired) electrons. The fourth-order valence-electron chi connectivity index (χ4n) is 3.11. The van der Waals surface area contributed by atoms with Crippen LogP contribution in [-0.4, -0.2) is 13.7 Å². The minimum absolute atomic E-state index is 0.275. The summed E-state index contributed by atoms with van der Waals surface area (Å²) in [6.07, 6.45) is 3.06. The van der Waals surface area contributed by atoms with Gasteiger partial charge in [0.2, 0.25) is 0 Å². The Kier molecular flexibility index (Phi) is 3.78. The van der Waals surface area contributed by atoms with E-state index in [0.717, 1.165) is 18.4 Å². The Morgan fingerprint density at radius 3 is 2.26 bits per heavy atom. The molecule has 0 heterocycles. The van der Waals surface area contributed by atoms with E-state index in [-0.39, 0.29) is 10.7 Å². The highest BCUT2D eigenvalue weighted by atomic mass is 32.2. The van der Waals surface area contributed by atoms with Gasteiger partial charge in [0.25, 0.3) is 0 Å². The van der Waals surface area contributed by atoms with E-state index >= 15 is 0 Å². The van der Waals surface area contributed by atoms with Crippen molar-refractivity contribution in [3.63, 3.8) is 0 Å². The molecule has 0 aromatic heterocycles. The van der Waals surface area contributed by atoms with Crippen LogP contribution in [0, 0.1) is 18.3 Å². The van der Waals surface area contributed by atoms with Gasteiger partial charge >= 0.3 is 0 Å². The van der Waals surface area contributed by atoms with Crippen LogP contribution in [0.4, 0.5) is 0 Å². The molecule has 1 fully saturated rings. The predicted octanol–water partition coefficient (Wildman–Crippen LogP) is 3.98. The molecule has 2 nitrogen and oxygen atoms in total. The van der Waals surface area contributed by atoms with Gasteiger partial charge in [-0.05, 0) is 50.2 Å². The van der Waals surface area contributed by atoms with E-state index in [4.69, 9.17) is 0 Å². The van der Waals surface area contributed by atoms with Gasteiger partial charge in [0.05, 0.1) is 10.1 Å². The fraction of sp³-hybridized carbons (Fsp3) is 0.625. The summed E-state index contributed by atoms with van der Waals surface area (Å²) in [5.74, 6) is 0.674. The minimum atomic E-state index is -3.18. The lowest BCUT2D eigenvalue weighted by atomic mass is 9.95. The number of benzene rings is 1. The van der Waals surface area contributed by atoms with Gasteiger partial charge in [-0.1, -0.05) is 38.0 Å². The Morgan fingerprint density at radius 2 is 1.84 bits per heavy atom. The molecule has 0 aliphatic heterocycles. The molecule has 106 valence electrons. The molecule has 2 rings (SSSR count).